The second-order valence-corrected chi connectivity index (χ2v) is 3.92. The maximum Gasteiger partial charge on any atom is 0.306 e. The molecule has 6 nitrogen and oxygen atoms in total. The zero-order valence-corrected chi connectivity index (χ0v) is 10.6. The summed E-state index contributed by atoms with van der Waals surface area (Å²) in [5.74, 6) is -0.325. The number of ether oxygens (including phenoxy) is 1. The van der Waals surface area contributed by atoms with E-state index < -0.39 is 0 Å². The van der Waals surface area contributed by atoms with Crippen molar-refractivity contribution in [2.45, 2.75) is 26.7 Å². The molecule has 0 aliphatic heterocycles. The predicted molar refractivity (Wildman–Crippen MR) is 66.9 cm³/mol. The van der Waals surface area contributed by atoms with Gasteiger partial charge in [0.05, 0.1) is 6.61 Å². The van der Waals surface area contributed by atoms with Crippen molar-refractivity contribution in [3.05, 3.63) is 21.6 Å². The van der Waals surface area contributed by atoms with E-state index in [9.17, 15) is 9.59 Å². The second-order valence-electron chi connectivity index (χ2n) is 3.50. The molecule has 1 aromatic heterocycles. The van der Waals surface area contributed by atoms with E-state index in [0.29, 0.717) is 24.3 Å². The monoisotopic (exact) mass is 257 g/mol. The van der Waals surface area contributed by atoms with Crippen molar-refractivity contribution in [1.82, 2.24) is 9.78 Å². The number of rotatable bonds is 4. The van der Waals surface area contributed by atoms with Crippen LogP contribution in [-0.4, -0.2) is 27.5 Å². The highest BCUT2D eigenvalue weighted by Gasteiger charge is 2.14. The molecule has 0 bridgehead atoms. The van der Waals surface area contributed by atoms with Crippen LogP contribution in [0.25, 0.3) is 0 Å². The molecule has 0 unspecified atom stereocenters. The molecule has 0 aromatic carbocycles. The van der Waals surface area contributed by atoms with Crippen LogP contribution in [0.4, 0.5) is 0 Å². The number of aryl methyl sites for hydroxylation is 1. The molecular formula is C10H15N3O3S. The normalized spacial score (nSPS) is 10.2. The molecule has 1 rings (SSSR count). The minimum absolute atomic E-state index is 0.0412. The minimum Gasteiger partial charge on any atom is -0.466 e. The molecule has 0 amide bonds. The van der Waals surface area contributed by atoms with Gasteiger partial charge in [0.2, 0.25) is 0 Å². The third-order valence-corrected chi connectivity index (χ3v) is 2.48. The van der Waals surface area contributed by atoms with Gasteiger partial charge in [0.1, 0.15) is 0 Å². The molecule has 94 valence electrons. The minimum atomic E-state index is -0.325. The van der Waals surface area contributed by atoms with Gasteiger partial charge in [0, 0.05) is 17.7 Å². The van der Waals surface area contributed by atoms with Crippen molar-refractivity contribution in [2.75, 3.05) is 6.61 Å². The van der Waals surface area contributed by atoms with Crippen molar-refractivity contribution < 1.29 is 9.53 Å². The highest BCUT2D eigenvalue weighted by molar-refractivity contribution is 7.80. The molecule has 7 heteroatoms. The van der Waals surface area contributed by atoms with Gasteiger partial charge in [-0.05, 0) is 32.5 Å². The number of nitrogens with two attached hydrogens (primary N) is 1. The highest BCUT2D eigenvalue weighted by atomic mass is 32.1. The second kappa shape index (κ2) is 5.62. The Morgan fingerprint density at radius 2 is 2.24 bits per heavy atom. The van der Waals surface area contributed by atoms with Crippen LogP contribution in [0, 0.1) is 6.92 Å². The van der Waals surface area contributed by atoms with Gasteiger partial charge in [0.25, 0.3) is 5.56 Å². The molecule has 0 aliphatic rings. The molecule has 1 heterocycles. The molecule has 0 spiro atoms. The van der Waals surface area contributed by atoms with Crippen LogP contribution in [-0.2, 0) is 16.0 Å². The number of hydrogen-bond acceptors (Lipinski definition) is 4. The Balaban J connectivity index is 2.82. The van der Waals surface area contributed by atoms with Gasteiger partial charge in [-0.25, -0.2) is 0 Å². The predicted octanol–water partition coefficient (Wildman–Crippen LogP) is 0.0722. The lowest BCUT2D eigenvalue weighted by Gasteiger charge is -1.99. The zero-order chi connectivity index (χ0) is 13.0. The van der Waals surface area contributed by atoms with Gasteiger partial charge >= 0.3 is 5.97 Å². The van der Waals surface area contributed by atoms with E-state index in [0.717, 1.165) is 4.68 Å². The van der Waals surface area contributed by atoms with Crippen LogP contribution in [0.15, 0.2) is 4.79 Å². The topological polar surface area (TPSA) is 90.1 Å². The van der Waals surface area contributed by atoms with Crippen LogP contribution in [0.2, 0.25) is 0 Å². The number of nitrogens with zero attached hydrogens (tertiary/aromatic N) is 1. The Morgan fingerprint density at radius 3 is 2.71 bits per heavy atom. The first-order valence-electron chi connectivity index (χ1n) is 5.23. The number of thiocarbonyl (C=S) groups is 1. The van der Waals surface area contributed by atoms with E-state index in [4.69, 9.17) is 22.7 Å². The lowest BCUT2D eigenvalue weighted by atomic mass is 10.1. The van der Waals surface area contributed by atoms with E-state index in [1.807, 2.05) is 0 Å². The van der Waals surface area contributed by atoms with E-state index >= 15 is 0 Å². The fraction of sp³-hybridized carbons (Fsp3) is 0.500. The summed E-state index contributed by atoms with van der Waals surface area (Å²) in [4.78, 5) is 23.0. The Hall–Kier alpha value is -1.63. The summed E-state index contributed by atoms with van der Waals surface area (Å²) in [6.45, 7) is 3.80. The summed E-state index contributed by atoms with van der Waals surface area (Å²) < 4.78 is 5.88. The van der Waals surface area contributed by atoms with Gasteiger partial charge in [-0.3, -0.25) is 14.7 Å². The molecule has 0 saturated carbocycles. The smallest absolute Gasteiger partial charge is 0.306 e. The van der Waals surface area contributed by atoms with Crippen molar-refractivity contribution in [3.8, 4) is 0 Å². The van der Waals surface area contributed by atoms with Gasteiger partial charge in [-0.2, -0.15) is 4.68 Å². The molecule has 0 fully saturated rings. The van der Waals surface area contributed by atoms with E-state index in [1.165, 1.54) is 0 Å². The van der Waals surface area contributed by atoms with Crippen molar-refractivity contribution in [3.63, 3.8) is 0 Å². The summed E-state index contributed by atoms with van der Waals surface area (Å²) >= 11 is 4.72. The standard InChI is InChI=1S/C10H15N3O3S/c1-3-16-8(14)5-4-7-6(2)12-13(9(7)15)10(11)17/h12H,3-5H2,1-2H3,(H2,11,17). The Kier molecular flexibility index (Phi) is 4.45. The number of aromatic amines is 1. The lowest BCUT2D eigenvalue weighted by Crippen LogP contribution is -2.31. The van der Waals surface area contributed by atoms with Crippen molar-refractivity contribution >= 4 is 23.3 Å². The zero-order valence-electron chi connectivity index (χ0n) is 9.78. The molecule has 0 saturated heterocycles. The third-order valence-electron chi connectivity index (χ3n) is 2.30. The third kappa shape index (κ3) is 3.16. The van der Waals surface area contributed by atoms with E-state index in [-0.39, 0.29) is 23.1 Å². The summed E-state index contributed by atoms with van der Waals surface area (Å²) in [7, 11) is 0. The highest BCUT2D eigenvalue weighted by Crippen LogP contribution is 2.03. The molecule has 1 aromatic rings. The first-order valence-corrected chi connectivity index (χ1v) is 5.64. The van der Waals surface area contributed by atoms with E-state index in [1.54, 1.807) is 13.8 Å². The fourth-order valence-corrected chi connectivity index (χ4v) is 1.62. The van der Waals surface area contributed by atoms with Crippen LogP contribution >= 0.6 is 12.2 Å². The molecule has 17 heavy (non-hydrogen) atoms. The number of carbonyl (C=O) groups excluding carboxylic acids is 1. The maximum absolute atomic E-state index is 11.8. The molecule has 3 N–H and O–H groups in total. The number of hydrogen-bond donors (Lipinski definition) is 2. The number of esters is 1. The Labute approximate surface area is 104 Å². The van der Waals surface area contributed by atoms with Crippen molar-refractivity contribution in [1.29, 1.82) is 0 Å². The average Bonchev–Trinajstić information content (AvgIpc) is 2.52. The quantitative estimate of drug-likeness (QED) is 0.588. The summed E-state index contributed by atoms with van der Waals surface area (Å²) in [6.07, 6.45) is 0.481. The van der Waals surface area contributed by atoms with Crippen LogP contribution in [0.1, 0.15) is 24.6 Å². The number of nitrogens with one attached hydrogen (secondary N) is 1. The molecule has 0 aliphatic carbocycles. The van der Waals surface area contributed by atoms with Gasteiger partial charge in [0.15, 0.2) is 5.11 Å². The fourth-order valence-electron chi connectivity index (χ4n) is 1.49. The number of H-pyrrole nitrogens is 1. The Bertz CT molecular complexity index is 489. The Morgan fingerprint density at radius 1 is 1.59 bits per heavy atom. The largest absolute Gasteiger partial charge is 0.466 e. The lowest BCUT2D eigenvalue weighted by molar-refractivity contribution is -0.143. The van der Waals surface area contributed by atoms with E-state index in [2.05, 4.69) is 5.10 Å². The first-order chi connectivity index (χ1) is 7.97. The van der Waals surface area contributed by atoms with Gasteiger partial charge in [-0.15, -0.1) is 0 Å². The van der Waals surface area contributed by atoms with Crippen molar-refractivity contribution in [2.24, 2.45) is 5.73 Å². The van der Waals surface area contributed by atoms with Crippen LogP contribution in [0.5, 0.6) is 0 Å². The van der Waals surface area contributed by atoms with Gasteiger partial charge in [-0.1, -0.05) is 0 Å². The maximum atomic E-state index is 11.8. The van der Waals surface area contributed by atoms with Gasteiger partial charge < -0.3 is 10.5 Å². The summed E-state index contributed by atoms with van der Waals surface area (Å²) in [5.41, 5.74) is 6.23. The number of carbonyl (C=O) groups is 1. The molecule has 0 atom stereocenters. The SMILES string of the molecule is CCOC(=O)CCc1c(C)[nH]n(C(N)=S)c1=O. The molecule has 0 radical (unpaired) electrons. The first kappa shape index (κ1) is 13.4. The average molecular weight is 257 g/mol. The molecular weight excluding hydrogens is 242 g/mol. The summed E-state index contributed by atoms with van der Waals surface area (Å²) in [6, 6.07) is 0. The van der Waals surface area contributed by atoms with Crippen LogP contribution in [0.3, 0.4) is 0 Å². The summed E-state index contributed by atoms with van der Waals surface area (Å²) in [5, 5.41) is 2.71. The van der Waals surface area contributed by atoms with Crippen LogP contribution < -0.4 is 11.3 Å². The number of aromatic nitrogens is 2.